The number of hydrogen-bond donors (Lipinski definition) is 1. The molecule has 2 aliphatic rings. The minimum atomic E-state index is -0.889. The Morgan fingerprint density at radius 2 is 1.80 bits per heavy atom. The number of likely N-dealkylation sites (tertiary alicyclic amines) is 1. The molecule has 1 N–H and O–H groups in total. The maximum absolute atomic E-state index is 13.1. The summed E-state index contributed by atoms with van der Waals surface area (Å²) in [5.74, 6) is 0.0391. The fourth-order valence-corrected chi connectivity index (χ4v) is 5.09. The van der Waals surface area contributed by atoms with Gasteiger partial charge in [-0.2, -0.15) is 0 Å². The first-order valence-corrected chi connectivity index (χ1v) is 12.2. The molecule has 0 unspecified atom stereocenters. The average molecular weight is 483 g/mol. The molecule has 2 aromatic rings. The third-order valence-corrected chi connectivity index (χ3v) is 7.03. The smallest absolute Gasteiger partial charge is 0.309 e. The summed E-state index contributed by atoms with van der Waals surface area (Å²) in [6, 6.07) is 12.6. The highest BCUT2D eigenvalue weighted by Crippen LogP contribution is 2.47. The number of carboxylic acids is 1. The van der Waals surface area contributed by atoms with Gasteiger partial charge in [-0.1, -0.05) is 38.0 Å². The van der Waals surface area contributed by atoms with E-state index >= 15 is 0 Å². The number of benzene rings is 2. The highest BCUT2D eigenvalue weighted by atomic mass is 16.7. The second kappa shape index (κ2) is 11.0. The van der Waals surface area contributed by atoms with Crippen LogP contribution in [-0.2, 0) is 9.59 Å². The summed E-state index contributed by atoms with van der Waals surface area (Å²) in [5.41, 5.74) is 1.72. The lowest BCUT2D eigenvalue weighted by molar-refractivity contribution is -0.143. The number of fused-ring (bicyclic) bond motifs is 1. The van der Waals surface area contributed by atoms with Crippen molar-refractivity contribution in [1.29, 1.82) is 0 Å². The molecule has 0 radical (unpaired) electrons. The Bertz CT molecular complexity index is 1040. The van der Waals surface area contributed by atoms with Gasteiger partial charge in [0.25, 0.3) is 0 Å². The summed E-state index contributed by atoms with van der Waals surface area (Å²) in [6.45, 7) is 3.59. The van der Waals surface area contributed by atoms with Gasteiger partial charge in [-0.3, -0.25) is 14.5 Å². The lowest BCUT2D eigenvalue weighted by atomic mass is 9.82. The fraction of sp³-hybridized carbons (Fsp3) is 0.481. The third-order valence-electron chi connectivity index (χ3n) is 7.03. The van der Waals surface area contributed by atoms with Crippen molar-refractivity contribution in [3.05, 3.63) is 53.6 Å². The standard InChI is InChI=1S/C27H34N2O6/c1-4-5-6-13-28(2)24(30)16-29-15-21(19-9-12-22-23(14-19)35-17-34-22)25(27(31)32)26(29)18-7-10-20(33-3)11-8-18/h7-12,14,21,25-26H,4-6,13,15-17H2,1-3H3,(H,31,32)/t21-,25-,26+/m0/s1. The van der Waals surface area contributed by atoms with Crippen molar-refractivity contribution in [2.75, 3.05) is 40.6 Å². The van der Waals surface area contributed by atoms with Crippen LogP contribution in [0.25, 0.3) is 0 Å². The zero-order valence-electron chi connectivity index (χ0n) is 20.6. The number of amides is 1. The Kier molecular flexibility index (Phi) is 7.80. The number of unbranched alkanes of at least 4 members (excludes halogenated alkanes) is 2. The number of aliphatic carboxylic acids is 1. The van der Waals surface area contributed by atoms with Crippen LogP contribution in [0.3, 0.4) is 0 Å². The van der Waals surface area contributed by atoms with Crippen LogP contribution in [0.15, 0.2) is 42.5 Å². The summed E-state index contributed by atoms with van der Waals surface area (Å²) >= 11 is 0. The molecule has 1 saturated heterocycles. The minimum Gasteiger partial charge on any atom is -0.497 e. The zero-order chi connectivity index (χ0) is 24.9. The fourth-order valence-electron chi connectivity index (χ4n) is 5.09. The molecule has 2 aromatic carbocycles. The van der Waals surface area contributed by atoms with Crippen LogP contribution < -0.4 is 14.2 Å². The van der Waals surface area contributed by atoms with Crippen LogP contribution in [0.2, 0.25) is 0 Å². The predicted octanol–water partition coefficient (Wildman–Crippen LogP) is 3.91. The van der Waals surface area contributed by atoms with E-state index in [1.54, 1.807) is 12.0 Å². The van der Waals surface area contributed by atoms with Crippen molar-refractivity contribution in [2.45, 2.75) is 38.1 Å². The molecule has 1 fully saturated rings. The first-order valence-electron chi connectivity index (χ1n) is 12.2. The quantitative estimate of drug-likeness (QED) is 0.514. The molecular weight excluding hydrogens is 448 g/mol. The first-order chi connectivity index (χ1) is 16.9. The molecule has 4 rings (SSSR count). The number of carboxylic acid groups (broad SMARTS) is 1. The highest BCUT2D eigenvalue weighted by Gasteiger charge is 2.48. The molecule has 0 bridgehead atoms. The van der Waals surface area contributed by atoms with E-state index in [1.807, 2.05) is 54.4 Å². The molecule has 35 heavy (non-hydrogen) atoms. The number of carbonyl (C=O) groups is 2. The number of nitrogens with zero attached hydrogens (tertiary/aromatic N) is 2. The largest absolute Gasteiger partial charge is 0.497 e. The maximum atomic E-state index is 13.1. The number of hydrogen-bond acceptors (Lipinski definition) is 6. The van der Waals surface area contributed by atoms with Gasteiger partial charge in [0, 0.05) is 32.1 Å². The van der Waals surface area contributed by atoms with Crippen LogP contribution >= 0.6 is 0 Å². The molecule has 2 aliphatic heterocycles. The average Bonchev–Trinajstić information content (AvgIpc) is 3.48. The minimum absolute atomic E-state index is 0.00455. The lowest BCUT2D eigenvalue weighted by Gasteiger charge is -2.28. The highest BCUT2D eigenvalue weighted by molar-refractivity contribution is 5.79. The van der Waals surface area contributed by atoms with Crippen LogP contribution in [0.4, 0.5) is 0 Å². The van der Waals surface area contributed by atoms with E-state index in [9.17, 15) is 14.7 Å². The maximum Gasteiger partial charge on any atom is 0.309 e. The van der Waals surface area contributed by atoms with Gasteiger partial charge in [0.2, 0.25) is 12.7 Å². The topological polar surface area (TPSA) is 88.5 Å². The number of likely N-dealkylation sites (N-methyl/N-ethyl adjacent to an activating group) is 1. The molecule has 0 saturated carbocycles. The van der Waals surface area contributed by atoms with Gasteiger partial charge in [-0.25, -0.2) is 0 Å². The van der Waals surface area contributed by atoms with Gasteiger partial charge in [0.1, 0.15) is 5.75 Å². The van der Waals surface area contributed by atoms with Crippen molar-refractivity contribution in [3.63, 3.8) is 0 Å². The summed E-state index contributed by atoms with van der Waals surface area (Å²) in [6.07, 6.45) is 3.12. The Balaban J connectivity index is 1.65. The zero-order valence-corrected chi connectivity index (χ0v) is 20.6. The van der Waals surface area contributed by atoms with E-state index < -0.39 is 17.9 Å². The number of rotatable bonds is 10. The van der Waals surface area contributed by atoms with E-state index in [0.29, 0.717) is 30.3 Å². The summed E-state index contributed by atoms with van der Waals surface area (Å²) in [5, 5.41) is 10.4. The van der Waals surface area contributed by atoms with Crippen molar-refractivity contribution in [3.8, 4) is 17.2 Å². The third kappa shape index (κ3) is 5.37. The Hall–Kier alpha value is -3.26. The van der Waals surface area contributed by atoms with Crippen LogP contribution in [0, 0.1) is 5.92 Å². The number of ether oxygens (including phenoxy) is 3. The SMILES string of the molecule is CCCCCN(C)C(=O)CN1C[C@@H](c2ccc3c(c2)OCO3)[C@H](C(=O)O)[C@H]1c1ccc(OC)cc1. The Morgan fingerprint density at radius 1 is 1.09 bits per heavy atom. The normalized spacial score (nSPS) is 21.2. The molecule has 188 valence electrons. The molecule has 3 atom stereocenters. The lowest BCUT2D eigenvalue weighted by Crippen LogP contribution is -2.39. The monoisotopic (exact) mass is 482 g/mol. The van der Waals surface area contributed by atoms with Crippen molar-refractivity contribution in [2.24, 2.45) is 5.92 Å². The van der Waals surface area contributed by atoms with E-state index in [-0.39, 0.29) is 25.2 Å². The van der Waals surface area contributed by atoms with E-state index in [1.165, 1.54) is 0 Å². The molecule has 1 amide bonds. The number of methoxy groups -OCH3 is 1. The molecule has 8 heteroatoms. The molecule has 8 nitrogen and oxygen atoms in total. The second-order valence-corrected chi connectivity index (χ2v) is 9.25. The van der Waals surface area contributed by atoms with Crippen molar-refractivity contribution >= 4 is 11.9 Å². The molecule has 0 spiro atoms. The Morgan fingerprint density at radius 3 is 2.49 bits per heavy atom. The van der Waals surface area contributed by atoms with E-state index in [0.717, 1.165) is 30.4 Å². The molecule has 0 aromatic heterocycles. The summed E-state index contributed by atoms with van der Waals surface area (Å²) < 4.78 is 16.3. The first kappa shape index (κ1) is 24.9. The van der Waals surface area contributed by atoms with Crippen molar-refractivity contribution < 1.29 is 28.9 Å². The predicted molar refractivity (Wildman–Crippen MR) is 131 cm³/mol. The molecule has 2 heterocycles. The van der Waals surface area contributed by atoms with Gasteiger partial charge in [0.15, 0.2) is 11.5 Å². The van der Waals surface area contributed by atoms with Gasteiger partial charge < -0.3 is 24.2 Å². The number of carbonyl (C=O) groups excluding carboxylic acids is 1. The van der Waals surface area contributed by atoms with Gasteiger partial charge in [-0.05, 0) is 41.8 Å². The van der Waals surface area contributed by atoms with E-state index in [2.05, 4.69) is 6.92 Å². The van der Waals surface area contributed by atoms with Gasteiger partial charge in [0.05, 0.1) is 19.6 Å². The van der Waals surface area contributed by atoms with Crippen LogP contribution in [0.5, 0.6) is 17.2 Å². The van der Waals surface area contributed by atoms with Crippen LogP contribution in [-0.4, -0.2) is 67.4 Å². The second-order valence-electron chi connectivity index (χ2n) is 9.25. The van der Waals surface area contributed by atoms with Gasteiger partial charge in [-0.15, -0.1) is 0 Å². The summed E-state index contributed by atoms with van der Waals surface area (Å²) in [7, 11) is 3.42. The Labute approximate surface area is 206 Å². The van der Waals surface area contributed by atoms with Crippen molar-refractivity contribution in [1.82, 2.24) is 9.80 Å². The van der Waals surface area contributed by atoms with Crippen LogP contribution in [0.1, 0.15) is 49.3 Å². The van der Waals surface area contributed by atoms with E-state index in [4.69, 9.17) is 14.2 Å². The molecule has 0 aliphatic carbocycles. The van der Waals surface area contributed by atoms with Gasteiger partial charge >= 0.3 is 5.97 Å². The summed E-state index contributed by atoms with van der Waals surface area (Å²) in [4.78, 5) is 29.5. The molecular formula is C27H34N2O6.